The molecule has 0 amide bonds. The highest BCUT2D eigenvalue weighted by atomic mass is 35.5. The number of benzene rings is 3. The van der Waals surface area contributed by atoms with Crippen LogP contribution in [-0.2, 0) is 12.1 Å². The van der Waals surface area contributed by atoms with E-state index in [1.165, 1.54) is 0 Å². The van der Waals surface area contributed by atoms with Crippen molar-refractivity contribution in [3.05, 3.63) is 88.7 Å². The molecule has 2 aromatic heterocycles. The highest BCUT2D eigenvalue weighted by Crippen LogP contribution is 2.40. The average Bonchev–Trinajstić information content (AvgIpc) is 3.27. The number of nitrogens with two attached hydrogens (primary N) is 1. The maximum absolute atomic E-state index is 13.9. The summed E-state index contributed by atoms with van der Waals surface area (Å²) in [6.45, 7) is 2.79. The minimum atomic E-state index is -0.238. The second-order valence-electron chi connectivity index (χ2n) is 8.95. The quantitative estimate of drug-likeness (QED) is 0.336. The first-order valence-corrected chi connectivity index (χ1v) is 11.5. The molecule has 5 aromatic rings. The summed E-state index contributed by atoms with van der Waals surface area (Å²) < 4.78 is 8.38. The Balaban J connectivity index is 0.00000241. The lowest BCUT2D eigenvalue weighted by atomic mass is 9.72. The molecule has 2 N–H and O–H groups in total. The van der Waals surface area contributed by atoms with Crippen LogP contribution in [-0.4, -0.2) is 9.78 Å². The summed E-state index contributed by atoms with van der Waals surface area (Å²) in [5.41, 5.74) is 10.8. The van der Waals surface area contributed by atoms with Crippen molar-refractivity contribution in [3.8, 4) is 22.5 Å². The van der Waals surface area contributed by atoms with E-state index in [4.69, 9.17) is 10.2 Å². The second-order valence-corrected chi connectivity index (χ2v) is 8.95. The van der Waals surface area contributed by atoms with Gasteiger partial charge in [-0.25, -0.2) is 0 Å². The summed E-state index contributed by atoms with van der Waals surface area (Å²) in [5.74, 6) is 0.561. The number of aryl methyl sites for hydroxylation is 1. The van der Waals surface area contributed by atoms with Gasteiger partial charge >= 0.3 is 0 Å². The van der Waals surface area contributed by atoms with E-state index in [1.54, 1.807) is 0 Å². The molecule has 0 unspecified atom stereocenters. The van der Waals surface area contributed by atoms with Crippen LogP contribution < -0.4 is 11.2 Å². The SMILES string of the molecule is CCn1cc2ccc3c(=O)c(-c4ccc(C5(N)CCC5)cc4)c(-c4ccccc4)oc3c2n1.Cl. The molecule has 0 atom stereocenters. The number of hydrogen-bond donors (Lipinski definition) is 1. The van der Waals surface area contributed by atoms with Crippen molar-refractivity contribution in [1.82, 2.24) is 9.78 Å². The van der Waals surface area contributed by atoms with Crippen LogP contribution in [0.1, 0.15) is 31.7 Å². The van der Waals surface area contributed by atoms with E-state index in [0.29, 0.717) is 27.8 Å². The van der Waals surface area contributed by atoms with Gasteiger partial charge in [0.15, 0.2) is 5.58 Å². The lowest BCUT2D eigenvalue weighted by Crippen LogP contribution is -2.43. The monoisotopic (exact) mass is 471 g/mol. The molecule has 6 heteroatoms. The Morgan fingerprint density at radius 2 is 1.74 bits per heavy atom. The van der Waals surface area contributed by atoms with Crippen LogP contribution in [0.4, 0.5) is 0 Å². The predicted octanol–water partition coefficient (Wildman–Crippen LogP) is 6.26. The molecule has 2 heterocycles. The number of hydrogen-bond acceptors (Lipinski definition) is 4. The highest BCUT2D eigenvalue weighted by molar-refractivity contribution is 6.03. The van der Waals surface area contributed by atoms with Crippen molar-refractivity contribution in [2.45, 2.75) is 38.3 Å². The number of aromatic nitrogens is 2. The Morgan fingerprint density at radius 3 is 2.38 bits per heavy atom. The molecular weight excluding hydrogens is 446 g/mol. The first kappa shape index (κ1) is 22.4. The lowest BCUT2D eigenvalue weighted by Gasteiger charge is -2.38. The van der Waals surface area contributed by atoms with E-state index in [0.717, 1.165) is 47.9 Å². The van der Waals surface area contributed by atoms with Gasteiger partial charge in [0.1, 0.15) is 11.3 Å². The third-order valence-corrected chi connectivity index (χ3v) is 6.94. The van der Waals surface area contributed by atoms with E-state index in [1.807, 2.05) is 72.4 Å². The van der Waals surface area contributed by atoms with Crippen LogP contribution in [0.5, 0.6) is 0 Å². The van der Waals surface area contributed by atoms with E-state index in [9.17, 15) is 4.79 Å². The zero-order valence-electron chi connectivity index (χ0n) is 19.0. The summed E-state index contributed by atoms with van der Waals surface area (Å²) in [5, 5.41) is 6.16. The molecular formula is C28H26ClN3O2. The third kappa shape index (κ3) is 3.44. The standard InChI is InChI=1S/C28H25N3O2.ClH/c1-2-31-17-20-11-14-22-25(32)23(18-9-12-21(13-10-18)28(29)15-6-16-28)26(19-7-4-3-5-8-19)33-27(22)24(20)30-31;/h3-5,7-14,17H,2,6,15-16,29H2,1H3;1H. The molecule has 34 heavy (non-hydrogen) atoms. The van der Waals surface area contributed by atoms with Crippen LogP contribution in [0.2, 0.25) is 0 Å². The van der Waals surface area contributed by atoms with Crippen LogP contribution >= 0.6 is 12.4 Å². The molecule has 0 radical (unpaired) electrons. The van der Waals surface area contributed by atoms with E-state index in [2.05, 4.69) is 17.2 Å². The number of fused-ring (bicyclic) bond motifs is 3. The molecule has 0 spiro atoms. The van der Waals surface area contributed by atoms with Crippen molar-refractivity contribution < 1.29 is 4.42 Å². The normalized spacial score (nSPS) is 14.6. The Labute approximate surface area is 203 Å². The van der Waals surface area contributed by atoms with E-state index >= 15 is 0 Å². The lowest BCUT2D eigenvalue weighted by molar-refractivity contribution is 0.253. The van der Waals surface area contributed by atoms with Gasteiger partial charge in [0.25, 0.3) is 0 Å². The number of halogens is 1. The molecule has 1 aliphatic rings. The van der Waals surface area contributed by atoms with Crippen molar-refractivity contribution in [2.75, 3.05) is 0 Å². The first-order valence-electron chi connectivity index (χ1n) is 11.5. The fourth-order valence-electron chi connectivity index (χ4n) is 4.82. The average molecular weight is 472 g/mol. The molecule has 172 valence electrons. The van der Waals surface area contributed by atoms with Crippen molar-refractivity contribution in [2.24, 2.45) is 5.73 Å². The van der Waals surface area contributed by atoms with Gasteiger partial charge < -0.3 is 10.2 Å². The molecule has 3 aromatic carbocycles. The Kier molecular flexibility index (Phi) is 5.54. The fraction of sp³-hybridized carbons (Fsp3) is 0.214. The maximum Gasteiger partial charge on any atom is 0.201 e. The van der Waals surface area contributed by atoms with Gasteiger partial charge in [-0.1, -0.05) is 60.7 Å². The Morgan fingerprint density at radius 1 is 1.00 bits per heavy atom. The fourth-order valence-corrected chi connectivity index (χ4v) is 4.82. The van der Waals surface area contributed by atoms with Gasteiger partial charge in [-0.15, -0.1) is 12.4 Å². The zero-order chi connectivity index (χ0) is 22.6. The molecule has 1 aliphatic carbocycles. The van der Waals surface area contributed by atoms with E-state index in [-0.39, 0.29) is 23.4 Å². The largest absolute Gasteiger partial charge is 0.453 e. The summed E-state index contributed by atoms with van der Waals surface area (Å²) >= 11 is 0. The van der Waals surface area contributed by atoms with Gasteiger partial charge in [-0.05, 0) is 43.4 Å². The van der Waals surface area contributed by atoms with Crippen molar-refractivity contribution in [3.63, 3.8) is 0 Å². The first-order chi connectivity index (χ1) is 16.1. The van der Waals surface area contributed by atoms with Gasteiger partial charge in [0, 0.05) is 29.2 Å². The number of rotatable bonds is 4. The summed E-state index contributed by atoms with van der Waals surface area (Å²) in [6.07, 6.45) is 5.14. The van der Waals surface area contributed by atoms with Crippen LogP contribution in [0.15, 0.2) is 82.1 Å². The topological polar surface area (TPSA) is 74.0 Å². The van der Waals surface area contributed by atoms with Gasteiger partial charge in [0.2, 0.25) is 5.43 Å². The molecule has 5 nitrogen and oxygen atoms in total. The Hall–Kier alpha value is -3.41. The molecule has 1 saturated carbocycles. The van der Waals surface area contributed by atoms with Crippen LogP contribution in [0.25, 0.3) is 44.3 Å². The number of nitrogens with zero attached hydrogens (tertiary/aromatic N) is 2. The van der Waals surface area contributed by atoms with Crippen LogP contribution in [0.3, 0.4) is 0 Å². The smallest absolute Gasteiger partial charge is 0.201 e. The summed E-state index contributed by atoms with van der Waals surface area (Å²) in [6, 6.07) is 21.7. The molecule has 0 saturated heterocycles. The third-order valence-electron chi connectivity index (χ3n) is 6.94. The summed E-state index contributed by atoms with van der Waals surface area (Å²) in [7, 11) is 0. The predicted molar refractivity (Wildman–Crippen MR) is 139 cm³/mol. The maximum atomic E-state index is 13.9. The minimum absolute atomic E-state index is 0. The van der Waals surface area contributed by atoms with Crippen molar-refractivity contribution >= 4 is 34.3 Å². The molecule has 1 fully saturated rings. The second kappa shape index (κ2) is 8.42. The van der Waals surface area contributed by atoms with Gasteiger partial charge in [-0.2, -0.15) is 5.10 Å². The van der Waals surface area contributed by atoms with Gasteiger partial charge in [-0.3, -0.25) is 9.48 Å². The minimum Gasteiger partial charge on any atom is -0.453 e. The zero-order valence-corrected chi connectivity index (χ0v) is 19.8. The molecule has 6 rings (SSSR count). The van der Waals surface area contributed by atoms with Crippen molar-refractivity contribution in [1.29, 1.82) is 0 Å². The van der Waals surface area contributed by atoms with E-state index < -0.39 is 0 Å². The molecule has 0 bridgehead atoms. The summed E-state index contributed by atoms with van der Waals surface area (Å²) in [4.78, 5) is 13.9. The van der Waals surface area contributed by atoms with Gasteiger partial charge in [0.05, 0.1) is 10.9 Å². The molecule has 0 aliphatic heterocycles. The van der Waals surface area contributed by atoms with Crippen LogP contribution in [0, 0.1) is 0 Å². The Bertz CT molecular complexity index is 1550. The highest BCUT2D eigenvalue weighted by Gasteiger charge is 2.34.